The SMILES string of the molecule is Nc1cc(S(=O)(=O)O)cc2cc(S(=O)(=O)O)cc(O)c12.[H-].[Na+]. The molecule has 110 valence electrons. The first-order valence-electron chi connectivity index (χ1n) is 5.01. The number of aromatic hydroxyl groups is 1. The van der Waals surface area contributed by atoms with Gasteiger partial charge in [-0.05, 0) is 23.6 Å². The number of phenols is 1. The van der Waals surface area contributed by atoms with E-state index in [4.69, 9.17) is 14.8 Å². The van der Waals surface area contributed by atoms with Crippen molar-refractivity contribution >= 4 is 36.7 Å². The summed E-state index contributed by atoms with van der Waals surface area (Å²) in [6.07, 6.45) is 0. The summed E-state index contributed by atoms with van der Waals surface area (Å²) in [4.78, 5) is -1.19. The van der Waals surface area contributed by atoms with Crippen LogP contribution < -0.4 is 35.3 Å². The first kappa shape index (κ1) is 18.2. The Hall–Kier alpha value is -0.880. The van der Waals surface area contributed by atoms with E-state index in [-0.39, 0.29) is 47.4 Å². The summed E-state index contributed by atoms with van der Waals surface area (Å²) in [7, 11) is -9.14. The number of rotatable bonds is 2. The van der Waals surface area contributed by atoms with Gasteiger partial charge in [0.05, 0.1) is 9.79 Å². The summed E-state index contributed by atoms with van der Waals surface area (Å²) in [6, 6.07) is 3.55. The van der Waals surface area contributed by atoms with Crippen LogP contribution in [0.4, 0.5) is 5.69 Å². The molecule has 8 nitrogen and oxygen atoms in total. The van der Waals surface area contributed by atoms with E-state index in [2.05, 4.69) is 0 Å². The van der Waals surface area contributed by atoms with Crippen LogP contribution in [0.3, 0.4) is 0 Å². The molecule has 0 saturated carbocycles. The average molecular weight is 343 g/mol. The quantitative estimate of drug-likeness (QED) is 0.270. The molecule has 0 fully saturated rings. The summed E-state index contributed by atoms with van der Waals surface area (Å²) in [5.41, 5.74) is 5.39. The second kappa shape index (κ2) is 5.72. The van der Waals surface area contributed by atoms with Crippen LogP contribution in [0.2, 0.25) is 0 Å². The zero-order valence-corrected chi connectivity index (χ0v) is 14.3. The van der Waals surface area contributed by atoms with Crippen molar-refractivity contribution in [3.05, 3.63) is 24.3 Å². The molecular formula is C10H10NNaO7S2. The van der Waals surface area contributed by atoms with E-state index < -0.39 is 35.8 Å². The van der Waals surface area contributed by atoms with Crippen molar-refractivity contribution in [2.45, 2.75) is 9.79 Å². The van der Waals surface area contributed by atoms with Gasteiger partial charge in [-0.3, -0.25) is 9.11 Å². The molecule has 0 heterocycles. The molecule has 2 aromatic rings. The standard InChI is InChI=1S/C10H9NO7S2.Na.H/c11-8-3-6(19(13,14)15)1-5-2-7(20(16,17)18)4-9(12)10(5)8;;/h1-4,12H,11H2,(H,13,14,15)(H,16,17,18);;/q;+1;-1. The van der Waals surface area contributed by atoms with Crippen LogP contribution in [0.15, 0.2) is 34.1 Å². The van der Waals surface area contributed by atoms with Crippen molar-refractivity contribution in [2.75, 3.05) is 5.73 Å². The Kier molecular flexibility index (Phi) is 4.95. The van der Waals surface area contributed by atoms with Gasteiger partial charge in [0.25, 0.3) is 20.2 Å². The first-order chi connectivity index (χ1) is 9.00. The molecule has 0 spiro atoms. The van der Waals surface area contributed by atoms with Crippen LogP contribution in [0.1, 0.15) is 1.43 Å². The number of fused-ring (bicyclic) bond motifs is 1. The summed E-state index contributed by atoms with van der Waals surface area (Å²) in [6.45, 7) is 0. The topological polar surface area (TPSA) is 155 Å². The Bertz CT molecular complexity index is 855. The molecule has 5 N–H and O–H groups in total. The second-order valence-corrected chi connectivity index (χ2v) is 6.85. The number of nitrogens with two attached hydrogens (primary N) is 1. The molecule has 0 aliphatic rings. The number of phenolic OH excluding ortho intramolecular Hbond substituents is 1. The molecule has 21 heavy (non-hydrogen) atoms. The fourth-order valence-corrected chi connectivity index (χ4v) is 2.86. The summed E-state index contributed by atoms with van der Waals surface area (Å²) < 4.78 is 62.1. The minimum Gasteiger partial charge on any atom is -1.00 e. The van der Waals surface area contributed by atoms with Gasteiger partial charge in [-0.1, -0.05) is 0 Å². The van der Waals surface area contributed by atoms with Gasteiger partial charge in [0, 0.05) is 17.1 Å². The molecule has 0 amide bonds. The molecule has 0 aliphatic heterocycles. The number of benzene rings is 2. The van der Waals surface area contributed by atoms with E-state index in [1.165, 1.54) is 0 Å². The van der Waals surface area contributed by atoms with E-state index in [1.807, 2.05) is 0 Å². The normalized spacial score (nSPS) is 12.1. The number of anilines is 1. The van der Waals surface area contributed by atoms with Gasteiger partial charge in [0.2, 0.25) is 0 Å². The van der Waals surface area contributed by atoms with Crippen molar-refractivity contribution in [1.29, 1.82) is 0 Å². The number of nitrogen functional groups attached to an aromatic ring is 1. The molecule has 2 aromatic carbocycles. The largest absolute Gasteiger partial charge is 1.00 e. The van der Waals surface area contributed by atoms with Crippen LogP contribution in [0, 0.1) is 0 Å². The number of hydrogen-bond acceptors (Lipinski definition) is 6. The summed E-state index contributed by atoms with van der Waals surface area (Å²) in [5, 5.41) is 9.66. The van der Waals surface area contributed by atoms with Crippen molar-refractivity contribution in [3.8, 4) is 5.75 Å². The molecule has 0 unspecified atom stereocenters. The van der Waals surface area contributed by atoms with Crippen molar-refractivity contribution < 1.29 is 62.0 Å². The van der Waals surface area contributed by atoms with Crippen LogP contribution in [0.25, 0.3) is 10.8 Å². The van der Waals surface area contributed by atoms with Gasteiger partial charge in [-0.15, -0.1) is 0 Å². The van der Waals surface area contributed by atoms with Gasteiger partial charge >= 0.3 is 29.6 Å². The molecule has 0 saturated heterocycles. The number of hydrogen-bond donors (Lipinski definition) is 4. The monoisotopic (exact) mass is 343 g/mol. The maximum atomic E-state index is 11.1. The fraction of sp³-hybridized carbons (Fsp3) is 0. The minimum atomic E-state index is -4.59. The Morgan fingerprint density at radius 3 is 1.76 bits per heavy atom. The average Bonchev–Trinajstić information content (AvgIpc) is 2.25. The zero-order chi connectivity index (χ0) is 15.3. The molecule has 0 aliphatic carbocycles. The van der Waals surface area contributed by atoms with E-state index in [0.29, 0.717) is 0 Å². The summed E-state index contributed by atoms with van der Waals surface area (Å²) in [5.74, 6) is -0.547. The molecular weight excluding hydrogens is 333 g/mol. The molecule has 0 bridgehead atoms. The van der Waals surface area contributed by atoms with E-state index in [0.717, 1.165) is 24.3 Å². The third kappa shape index (κ3) is 3.66. The predicted molar refractivity (Wildman–Crippen MR) is 70.8 cm³/mol. The maximum Gasteiger partial charge on any atom is 1.00 e. The van der Waals surface area contributed by atoms with Crippen LogP contribution in [-0.2, 0) is 20.2 Å². The molecule has 2 rings (SSSR count). The molecule has 0 atom stereocenters. The van der Waals surface area contributed by atoms with Crippen molar-refractivity contribution in [2.24, 2.45) is 0 Å². The van der Waals surface area contributed by atoms with E-state index in [1.54, 1.807) is 0 Å². The Balaban J connectivity index is 0.00000220. The van der Waals surface area contributed by atoms with E-state index >= 15 is 0 Å². The fourth-order valence-electron chi connectivity index (χ4n) is 1.77. The predicted octanol–water partition coefficient (Wildman–Crippen LogP) is -2.26. The van der Waals surface area contributed by atoms with Gasteiger partial charge in [0.15, 0.2) is 0 Å². The zero-order valence-electron chi connectivity index (χ0n) is 11.7. The molecule has 11 heteroatoms. The Morgan fingerprint density at radius 1 is 0.905 bits per heavy atom. The van der Waals surface area contributed by atoms with Crippen molar-refractivity contribution in [1.82, 2.24) is 0 Å². The minimum absolute atomic E-state index is 0. The maximum absolute atomic E-state index is 11.1. The third-order valence-electron chi connectivity index (χ3n) is 2.60. The van der Waals surface area contributed by atoms with Crippen LogP contribution in [0.5, 0.6) is 5.75 Å². The molecule has 0 radical (unpaired) electrons. The Labute approximate surface area is 143 Å². The van der Waals surface area contributed by atoms with Crippen LogP contribution in [-0.4, -0.2) is 31.0 Å². The van der Waals surface area contributed by atoms with Gasteiger partial charge in [-0.2, -0.15) is 16.8 Å². The van der Waals surface area contributed by atoms with Crippen molar-refractivity contribution in [3.63, 3.8) is 0 Å². The Morgan fingerprint density at radius 2 is 1.33 bits per heavy atom. The second-order valence-electron chi connectivity index (χ2n) is 4.00. The van der Waals surface area contributed by atoms with Gasteiger partial charge in [0.1, 0.15) is 5.75 Å². The smallest absolute Gasteiger partial charge is 1.00 e. The van der Waals surface area contributed by atoms with Crippen LogP contribution >= 0.6 is 0 Å². The third-order valence-corrected chi connectivity index (χ3v) is 4.26. The molecule has 0 aromatic heterocycles. The van der Waals surface area contributed by atoms with Gasteiger partial charge in [-0.25, -0.2) is 0 Å². The van der Waals surface area contributed by atoms with Gasteiger partial charge < -0.3 is 12.3 Å². The summed E-state index contributed by atoms with van der Waals surface area (Å²) >= 11 is 0. The van der Waals surface area contributed by atoms with E-state index in [9.17, 15) is 21.9 Å². The first-order valence-corrected chi connectivity index (χ1v) is 7.89.